The topological polar surface area (TPSA) is 40.5 Å². The zero-order valence-corrected chi connectivity index (χ0v) is 7.18. The Balaban J connectivity index is 3.07. The molecule has 0 aromatic heterocycles. The van der Waals surface area contributed by atoms with Crippen LogP contribution in [0.15, 0.2) is 23.0 Å². The van der Waals surface area contributed by atoms with Gasteiger partial charge >= 0.3 is 0 Å². The predicted molar refractivity (Wildman–Crippen MR) is 44.3 cm³/mol. The average Bonchev–Trinajstić information content (AvgIpc) is 1.95. The number of aliphatic hydroxyl groups is 2. The summed E-state index contributed by atoms with van der Waals surface area (Å²) in [4.78, 5) is 0. The molecule has 0 radical (unpaired) electrons. The normalized spacial score (nSPS) is 32.2. The lowest BCUT2D eigenvalue weighted by Gasteiger charge is -2.27. The van der Waals surface area contributed by atoms with E-state index >= 15 is 0 Å². The highest BCUT2D eigenvalue weighted by atomic mass is 16.3. The van der Waals surface area contributed by atoms with E-state index in [2.05, 4.69) is 0 Å². The molecule has 2 nitrogen and oxygen atoms in total. The van der Waals surface area contributed by atoms with Crippen molar-refractivity contribution in [1.29, 1.82) is 0 Å². The Morgan fingerprint density at radius 2 is 2.00 bits per heavy atom. The van der Waals surface area contributed by atoms with E-state index in [-0.39, 0.29) is 5.76 Å². The lowest BCUT2D eigenvalue weighted by Crippen LogP contribution is -2.29. The van der Waals surface area contributed by atoms with Crippen LogP contribution in [-0.2, 0) is 0 Å². The van der Waals surface area contributed by atoms with Gasteiger partial charge in [-0.05, 0) is 31.9 Å². The third kappa shape index (κ3) is 1.31. The summed E-state index contributed by atoms with van der Waals surface area (Å²) in [6.07, 6.45) is 2.44. The van der Waals surface area contributed by atoms with Crippen molar-refractivity contribution < 1.29 is 10.2 Å². The number of hydrogen-bond donors (Lipinski definition) is 2. The van der Waals surface area contributed by atoms with Crippen LogP contribution in [0.3, 0.4) is 0 Å². The van der Waals surface area contributed by atoms with Crippen molar-refractivity contribution >= 4 is 0 Å². The van der Waals surface area contributed by atoms with Crippen molar-refractivity contribution in [3.05, 3.63) is 23.0 Å². The first-order valence-corrected chi connectivity index (χ1v) is 3.75. The van der Waals surface area contributed by atoms with Crippen molar-refractivity contribution in [2.45, 2.75) is 32.8 Å². The maximum Gasteiger partial charge on any atom is 0.127 e. The first kappa shape index (κ1) is 8.34. The Labute approximate surface area is 66.9 Å². The third-order valence-electron chi connectivity index (χ3n) is 2.26. The molecular weight excluding hydrogens is 140 g/mol. The van der Waals surface area contributed by atoms with Crippen molar-refractivity contribution in [3.8, 4) is 0 Å². The molecule has 0 aromatic carbocycles. The zero-order chi connectivity index (χ0) is 8.65. The molecule has 2 heteroatoms. The largest absolute Gasteiger partial charge is 0.509 e. The summed E-state index contributed by atoms with van der Waals surface area (Å²) in [7, 11) is 0. The van der Waals surface area contributed by atoms with Gasteiger partial charge in [-0.1, -0.05) is 6.08 Å². The van der Waals surface area contributed by atoms with Gasteiger partial charge in [0.25, 0.3) is 0 Å². The van der Waals surface area contributed by atoms with Crippen LogP contribution in [0.1, 0.15) is 27.2 Å². The summed E-state index contributed by atoms with van der Waals surface area (Å²) < 4.78 is 0. The van der Waals surface area contributed by atoms with Gasteiger partial charge in [0.05, 0.1) is 0 Å². The fourth-order valence-electron chi connectivity index (χ4n) is 1.19. The van der Waals surface area contributed by atoms with Gasteiger partial charge in [-0.3, -0.25) is 0 Å². The standard InChI is InChI=1S/C9H14O2/c1-6-4-5-9(3,11)8(10)7(6)2/h4,10-11H,5H2,1-3H3. The predicted octanol–water partition coefficient (Wildman–Crippen LogP) is 1.92. The zero-order valence-electron chi connectivity index (χ0n) is 7.18. The van der Waals surface area contributed by atoms with Crippen LogP contribution in [0, 0.1) is 0 Å². The lowest BCUT2D eigenvalue weighted by atomic mass is 9.88. The van der Waals surface area contributed by atoms with E-state index in [0.717, 1.165) is 11.1 Å². The molecule has 1 unspecified atom stereocenters. The van der Waals surface area contributed by atoms with Crippen molar-refractivity contribution in [2.75, 3.05) is 0 Å². The fourth-order valence-corrected chi connectivity index (χ4v) is 1.19. The minimum Gasteiger partial charge on any atom is -0.509 e. The highest BCUT2D eigenvalue weighted by molar-refractivity contribution is 5.37. The van der Waals surface area contributed by atoms with Gasteiger partial charge < -0.3 is 10.2 Å². The van der Waals surface area contributed by atoms with Crippen LogP contribution in [0.4, 0.5) is 0 Å². The van der Waals surface area contributed by atoms with Crippen LogP contribution >= 0.6 is 0 Å². The molecule has 0 aliphatic heterocycles. The Morgan fingerprint density at radius 3 is 2.45 bits per heavy atom. The highest BCUT2D eigenvalue weighted by Gasteiger charge is 2.29. The molecule has 1 aliphatic carbocycles. The number of rotatable bonds is 0. The number of hydrogen-bond acceptors (Lipinski definition) is 2. The van der Waals surface area contributed by atoms with Gasteiger partial charge in [0.15, 0.2) is 0 Å². The Kier molecular flexibility index (Phi) is 1.80. The van der Waals surface area contributed by atoms with Gasteiger partial charge in [0.1, 0.15) is 11.4 Å². The summed E-state index contributed by atoms with van der Waals surface area (Å²) in [5.41, 5.74) is 0.791. The molecule has 0 bridgehead atoms. The molecule has 0 aromatic rings. The molecule has 0 heterocycles. The maximum atomic E-state index is 9.58. The van der Waals surface area contributed by atoms with Gasteiger partial charge in [-0.15, -0.1) is 0 Å². The van der Waals surface area contributed by atoms with Crippen molar-refractivity contribution in [1.82, 2.24) is 0 Å². The quantitative estimate of drug-likeness (QED) is 0.559. The Hall–Kier alpha value is -0.760. The van der Waals surface area contributed by atoms with E-state index in [0.29, 0.717) is 6.42 Å². The van der Waals surface area contributed by atoms with Crippen LogP contribution in [-0.4, -0.2) is 15.8 Å². The molecule has 1 rings (SSSR count). The van der Waals surface area contributed by atoms with E-state index in [4.69, 9.17) is 0 Å². The number of aliphatic hydroxyl groups excluding tert-OH is 1. The monoisotopic (exact) mass is 154 g/mol. The van der Waals surface area contributed by atoms with E-state index in [1.54, 1.807) is 6.92 Å². The summed E-state index contributed by atoms with van der Waals surface area (Å²) in [5, 5.41) is 19.0. The first-order valence-electron chi connectivity index (χ1n) is 3.75. The molecule has 0 spiro atoms. The van der Waals surface area contributed by atoms with Crippen LogP contribution in [0.5, 0.6) is 0 Å². The smallest absolute Gasteiger partial charge is 0.127 e. The van der Waals surface area contributed by atoms with Crippen LogP contribution in [0.25, 0.3) is 0 Å². The molecule has 11 heavy (non-hydrogen) atoms. The molecule has 1 aliphatic rings. The van der Waals surface area contributed by atoms with E-state index in [1.165, 1.54) is 0 Å². The second-order valence-electron chi connectivity index (χ2n) is 3.34. The van der Waals surface area contributed by atoms with E-state index in [9.17, 15) is 10.2 Å². The lowest BCUT2D eigenvalue weighted by molar-refractivity contribution is 0.0517. The van der Waals surface area contributed by atoms with Gasteiger partial charge in [-0.25, -0.2) is 0 Å². The molecule has 1 atom stereocenters. The molecule has 62 valence electrons. The minimum absolute atomic E-state index is 0.109. The molecule has 0 saturated heterocycles. The van der Waals surface area contributed by atoms with E-state index in [1.807, 2.05) is 19.9 Å². The second-order valence-corrected chi connectivity index (χ2v) is 3.34. The molecule has 0 saturated carbocycles. The van der Waals surface area contributed by atoms with Gasteiger partial charge in [-0.2, -0.15) is 0 Å². The highest BCUT2D eigenvalue weighted by Crippen LogP contribution is 2.30. The SMILES string of the molecule is CC1=CCC(C)(O)C(O)=C1C. The second kappa shape index (κ2) is 2.38. The van der Waals surface area contributed by atoms with Crippen LogP contribution in [0.2, 0.25) is 0 Å². The average molecular weight is 154 g/mol. The maximum absolute atomic E-state index is 9.58. The Bertz CT molecular complexity index is 234. The van der Waals surface area contributed by atoms with Crippen LogP contribution < -0.4 is 0 Å². The fraction of sp³-hybridized carbons (Fsp3) is 0.556. The summed E-state index contributed by atoms with van der Waals surface area (Å²) in [6, 6.07) is 0. The minimum atomic E-state index is -1.05. The summed E-state index contributed by atoms with van der Waals surface area (Å²) in [5.74, 6) is 0.109. The molecule has 0 amide bonds. The molecule has 0 fully saturated rings. The number of allylic oxidation sites excluding steroid dienone is 2. The third-order valence-corrected chi connectivity index (χ3v) is 2.26. The molecular formula is C9H14O2. The molecule has 2 N–H and O–H groups in total. The van der Waals surface area contributed by atoms with Crippen molar-refractivity contribution in [3.63, 3.8) is 0 Å². The Morgan fingerprint density at radius 1 is 1.45 bits per heavy atom. The first-order chi connectivity index (χ1) is 4.95. The van der Waals surface area contributed by atoms with E-state index < -0.39 is 5.60 Å². The van der Waals surface area contributed by atoms with Crippen molar-refractivity contribution in [2.24, 2.45) is 0 Å². The van der Waals surface area contributed by atoms with Gasteiger partial charge in [0.2, 0.25) is 0 Å². The summed E-state index contributed by atoms with van der Waals surface area (Å²) in [6.45, 7) is 5.37. The van der Waals surface area contributed by atoms with Gasteiger partial charge in [0, 0.05) is 6.42 Å². The summed E-state index contributed by atoms with van der Waals surface area (Å²) >= 11 is 0.